The minimum absolute atomic E-state index is 0.197. The molecule has 0 aliphatic carbocycles. The Labute approximate surface area is 128 Å². The third-order valence-electron chi connectivity index (χ3n) is 3.85. The maximum Gasteiger partial charge on any atom is 0.125 e. The molecule has 0 atom stereocenters. The number of hydrogen-bond donors (Lipinski definition) is 2. The van der Waals surface area contributed by atoms with Crippen LogP contribution in [0.1, 0.15) is 75.8 Å². The zero-order chi connectivity index (χ0) is 15.5. The number of benzene rings is 1. The van der Waals surface area contributed by atoms with Crippen molar-refractivity contribution in [2.45, 2.75) is 71.6 Å². The fourth-order valence-corrected chi connectivity index (χ4v) is 2.55. The summed E-state index contributed by atoms with van der Waals surface area (Å²) in [6.07, 6.45) is 10.7. The summed E-state index contributed by atoms with van der Waals surface area (Å²) in [6, 6.07) is 5.45. The molecule has 3 nitrogen and oxygen atoms in total. The van der Waals surface area contributed by atoms with Crippen molar-refractivity contribution >= 4 is 5.71 Å². The highest BCUT2D eigenvalue weighted by molar-refractivity contribution is 6.02. The summed E-state index contributed by atoms with van der Waals surface area (Å²) in [5, 5.41) is 22.4. The van der Waals surface area contributed by atoms with Gasteiger partial charge in [0.1, 0.15) is 5.75 Å². The van der Waals surface area contributed by atoms with E-state index in [1.807, 2.05) is 19.1 Å². The normalized spacial score (nSPS) is 11.8. The van der Waals surface area contributed by atoms with Gasteiger partial charge in [0.25, 0.3) is 0 Å². The molecule has 118 valence electrons. The van der Waals surface area contributed by atoms with E-state index in [9.17, 15) is 5.11 Å². The Kier molecular flexibility index (Phi) is 8.56. The summed E-state index contributed by atoms with van der Waals surface area (Å²) in [5.41, 5.74) is 2.23. The summed E-state index contributed by atoms with van der Waals surface area (Å²) in [6.45, 7) is 4.16. The first-order valence-electron chi connectivity index (χ1n) is 8.20. The van der Waals surface area contributed by atoms with Gasteiger partial charge < -0.3 is 10.3 Å². The molecule has 0 fully saturated rings. The fraction of sp³-hybridized carbons (Fsp3) is 0.611. The molecular formula is C18H29NO2. The lowest BCUT2D eigenvalue weighted by atomic mass is 10.0. The quantitative estimate of drug-likeness (QED) is 0.262. The smallest absolute Gasteiger partial charge is 0.125 e. The van der Waals surface area contributed by atoms with Crippen molar-refractivity contribution < 1.29 is 10.3 Å². The minimum Gasteiger partial charge on any atom is -0.507 e. The van der Waals surface area contributed by atoms with Crippen molar-refractivity contribution in [2.24, 2.45) is 5.16 Å². The van der Waals surface area contributed by atoms with E-state index < -0.39 is 0 Å². The van der Waals surface area contributed by atoms with Gasteiger partial charge in [-0.15, -0.1) is 0 Å². The fourth-order valence-electron chi connectivity index (χ4n) is 2.55. The van der Waals surface area contributed by atoms with Gasteiger partial charge >= 0.3 is 0 Å². The zero-order valence-corrected chi connectivity index (χ0v) is 13.4. The molecule has 0 spiro atoms. The maximum atomic E-state index is 9.92. The molecule has 0 heterocycles. The Bertz CT molecular complexity index is 441. The summed E-state index contributed by atoms with van der Waals surface area (Å²) < 4.78 is 0. The van der Waals surface area contributed by atoms with Crippen LogP contribution in [0.3, 0.4) is 0 Å². The average Bonchev–Trinajstić information content (AvgIpc) is 2.47. The van der Waals surface area contributed by atoms with E-state index in [1.54, 1.807) is 6.07 Å². The minimum atomic E-state index is 0.197. The van der Waals surface area contributed by atoms with Crippen LogP contribution in [0.15, 0.2) is 23.4 Å². The highest BCUT2D eigenvalue weighted by atomic mass is 16.4. The lowest BCUT2D eigenvalue weighted by molar-refractivity contribution is 0.317. The van der Waals surface area contributed by atoms with Crippen molar-refractivity contribution in [1.82, 2.24) is 0 Å². The van der Waals surface area contributed by atoms with Crippen LogP contribution >= 0.6 is 0 Å². The maximum absolute atomic E-state index is 9.92. The molecule has 0 aliphatic rings. The predicted molar refractivity (Wildman–Crippen MR) is 88.4 cm³/mol. The number of phenols is 1. The predicted octanol–water partition coefficient (Wildman–Crippen LogP) is 5.41. The van der Waals surface area contributed by atoms with Crippen LogP contribution in [0.25, 0.3) is 0 Å². The number of unbranched alkanes of at least 4 members (excludes halogenated alkanes) is 7. The molecule has 21 heavy (non-hydrogen) atoms. The molecule has 1 rings (SSSR count). The van der Waals surface area contributed by atoms with Gasteiger partial charge in [0.05, 0.1) is 5.71 Å². The first-order chi connectivity index (χ1) is 10.2. The van der Waals surface area contributed by atoms with Crippen LogP contribution in [0.5, 0.6) is 5.75 Å². The Hall–Kier alpha value is -1.51. The summed E-state index contributed by atoms with van der Waals surface area (Å²) in [4.78, 5) is 0. The standard InChI is InChI=1S/C18H29NO2/c1-3-4-5-6-7-8-9-10-11-17(19-21)16-13-12-15(2)14-18(16)20/h12-14,20-21H,3-11H2,1-2H3. The van der Waals surface area contributed by atoms with E-state index in [1.165, 1.54) is 38.5 Å². The second kappa shape index (κ2) is 10.3. The van der Waals surface area contributed by atoms with Gasteiger partial charge in [-0.3, -0.25) is 0 Å². The van der Waals surface area contributed by atoms with Gasteiger partial charge in [0, 0.05) is 5.56 Å². The zero-order valence-electron chi connectivity index (χ0n) is 13.4. The van der Waals surface area contributed by atoms with E-state index in [4.69, 9.17) is 5.21 Å². The van der Waals surface area contributed by atoms with Crippen LogP contribution in [-0.4, -0.2) is 16.0 Å². The van der Waals surface area contributed by atoms with Gasteiger partial charge in [-0.05, 0) is 37.5 Å². The van der Waals surface area contributed by atoms with E-state index in [2.05, 4.69) is 12.1 Å². The Morgan fingerprint density at radius 1 is 1.00 bits per heavy atom. The van der Waals surface area contributed by atoms with E-state index in [0.29, 0.717) is 17.7 Å². The second-order valence-electron chi connectivity index (χ2n) is 5.79. The molecule has 0 saturated carbocycles. The monoisotopic (exact) mass is 291 g/mol. The molecule has 0 aromatic heterocycles. The molecule has 1 aromatic carbocycles. The number of phenolic OH excluding ortho intramolecular Hbond substituents is 1. The van der Waals surface area contributed by atoms with Gasteiger partial charge in [0.15, 0.2) is 0 Å². The van der Waals surface area contributed by atoms with Crippen LogP contribution in [0, 0.1) is 6.92 Å². The first-order valence-corrected chi connectivity index (χ1v) is 8.20. The van der Waals surface area contributed by atoms with Gasteiger partial charge in [-0.2, -0.15) is 0 Å². The van der Waals surface area contributed by atoms with Crippen LogP contribution in [0.2, 0.25) is 0 Å². The number of nitrogens with zero attached hydrogens (tertiary/aromatic N) is 1. The largest absolute Gasteiger partial charge is 0.507 e. The van der Waals surface area contributed by atoms with E-state index >= 15 is 0 Å². The summed E-state index contributed by atoms with van der Waals surface area (Å²) >= 11 is 0. The number of oxime groups is 1. The highest BCUT2D eigenvalue weighted by Crippen LogP contribution is 2.22. The number of aromatic hydroxyl groups is 1. The highest BCUT2D eigenvalue weighted by Gasteiger charge is 2.09. The van der Waals surface area contributed by atoms with Gasteiger partial charge in [-0.1, -0.05) is 63.1 Å². The molecule has 0 aliphatic heterocycles. The van der Waals surface area contributed by atoms with Crippen LogP contribution in [-0.2, 0) is 0 Å². The Morgan fingerprint density at radius 2 is 1.62 bits per heavy atom. The van der Waals surface area contributed by atoms with Crippen molar-refractivity contribution in [3.63, 3.8) is 0 Å². The number of hydrogen-bond acceptors (Lipinski definition) is 3. The average molecular weight is 291 g/mol. The first kappa shape index (κ1) is 17.5. The summed E-state index contributed by atoms with van der Waals surface area (Å²) in [7, 11) is 0. The SMILES string of the molecule is CCCCCCCCCCC(=NO)c1ccc(C)cc1O. The van der Waals surface area contributed by atoms with E-state index in [-0.39, 0.29) is 5.75 Å². The molecule has 0 unspecified atom stereocenters. The second-order valence-corrected chi connectivity index (χ2v) is 5.79. The molecule has 0 bridgehead atoms. The topological polar surface area (TPSA) is 52.8 Å². The van der Waals surface area contributed by atoms with Gasteiger partial charge in [-0.25, -0.2) is 0 Å². The van der Waals surface area contributed by atoms with Crippen molar-refractivity contribution in [3.05, 3.63) is 29.3 Å². The third-order valence-corrected chi connectivity index (χ3v) is 3.85. The molecule has 0 radical (unpaired) electrons. The molecular weight excluding hydrogens is 262 g/mol. The van der Waals surface area contributed by atoms with Crippen molar-refractivity contribution in [3.8, 4) is 5.75 Å². The lowest BCUT2D eigenvalue weighted by Gasteiger charge is -2.08. The Morgan fingerprint density at radius 3 is 2.19 bits per heavy atom. The molecule has 3 heteroatoms. The van der Waals surface area contributed by atoms with Crippen LogP contribution in [0.4, 0.5) is 0 Å². The van der Waals surface area contributed by atoms with Crippen molar-refractivity contribution in [2.75, 3.05) is 0 Å². The molecule has 2 N–H and O–H groups in total. The van der Waals surface area contributed by atoms with Gasteiger partial charge in [0.2, 0.25) is 0 Å². The summed E-state index contributed by atoms with van der Waals surface area (Å²) in [5.74, 6) is 0.197. The molecule has 1 aromatic rings. The molecule has 0 saturated heterocycles. The van der Waals surface area contributed by atoms with Crippen molar-refractivity contribution in [1.29, 1.82) is 0 Å². The third kappa shape index (κ3) is 6.65. The Balaban J connectivity index is 2.29. The lowest BCUT2D eigenvalue weighted by Crippen LogP contribution is -2.02. The van der Waals surface area contributed by atoms with E-state index in [0.717, 1.165) is 18.4 Å². The van der Waals surface area contributed by atoms with Crippen LogP contribution < -0.4 is 0 Å². The molecule has 0 amide bonds. The number of rotatable bonds is 10. The number of aryl methyl sites for hydroxylation is 1.